The Balaban J connectivity index is 5.27. The number of unbranched alkanes of at least 4 members (excludes halogenated alkanes) is 1. The number of hydrogen-bond acceptors (Lipinski definition) is 6. The van der Waals surface area contributed by atoms with Crippen LogP contribution >= 0.6 is 0 Å². The summed E-state index contributed by atoms with van der Waals surface area (Å²) in [6, 6.07) is -3.02. The molecule has 0 saturated carbocycles. The van der Waals surface area contributed by atoms with Gasteiger partial charge in [-0.2, -0.15) is 0 Å². The molecule has 0 aliphatic carbocycles. The molecule has 0 heterocycles. The minimum absolute atomic E-state index is 0.127. The zero-order chi connectivity index (χ0) is 21.9. The number of nitrogens with one attached hydrogen (secondary N) is 3. The first-order valence-electron chi connectivity index (χ1n) is 9.54. The minimum Gasteiger partial charge on any atom is -0.391 e. The lowest BCUT2D eigenvalue weighted by molar-refractivity contribution is -0.134. The fourth-order valence-electron chi connectivity index (χ4n) is 2.64. The van der Waals surface area contributed by atoms with Gasteiger partial charge in [-0.25, -0.2) is 0 Å². The molecule has 0 aliphatic rings. The Morgan fingerprint density at radius 3 is 1.93 bits per heavy atom. The van der Waals surface area contributed by atoms with Gasteiger partial charge in [-0.1, -0.05) is 13.8 Å². The molecular formula is C18H35N5O5. The average Bonchev–Trinajstić information content (AvgIpc) is 2.57. The molecule has 0 aliphatic heterocycles. The van der Waals surface area contributed by atoms with Gasteiger partial charge in [0.2, 0.25) is 23.6 Å². The predicted octanol–water partition coefficient (Wildman–Crippen LogP) is -1.50. The van der Waals surface area contributed by atoms with E-state index in [1.807, 2.05) is 13.8 Å². The van der Waals surface area contributed by atoms with Crippen molar-refractivity contribution in [1.29, 1.82) is 0 Å². The van der Waals surface area contributed by atoms with Crippen LogP contribution in [0.3, 0.4) is 0 Å². The molecule has 0 spiro atoms. The summed E-state index contributed by atoms with van der Waals surface area (Å²) in [6.07, 6.45) is 0.716. The third-order valence-corrected chi connectivity index (χ3v) is 4.07. The molecule has 10 nitrogen and oxygen atoms in total. The lowest BCUT2D eigenvalue weighted by Gasteiger charge is -2.26. The predicted molar refractivity (Wildman–Crippen MR) is 105 cm³/mol. The number of amides is 4. The van der Waals surface area contributed by atoms with Crippen molar-refractivity contribution in [2.45, 2.75) is 77.6 Å². The number of primary amides is 1. The Kier molecular flexibility index (Phi) is 12.0. The van der Waals surface area contributed by atoms with Crippen molar-refractivity contribution in [2.24, 2.45) is 17.4 Å². The summed E-state index contributed by atoms with van der Waals surface area (Å²) in [5, 5.41) is 17.2. The lowest BCUT2D eigenvalue weighted by atomic mass is 10.0. The quantitative estimate of drug-likeness (QED) is 0.205. The van der Waals surface area contributed by atoms with Gasteiger partial charge in [0.05, 0.1) is 6.10 Å². The van der Waals surface area contributed by atoms with Crippen molar-refractivity contribution in [3.8, 4) is 0 Å². The first kappa shape index (κ1) is 25.8. The van der Waals surface area contributed by atoms with E-state index in [1.165, 1.54) is 13.8 Å². The topological polar surface area (TPSA) is 177 Å². The second-order valence-corrected chi connectivity index (χ2v) is 7.36. The third-order valence-electron chi connectivity index (χ3n) is 4.07. The van der Waals surface area contributed by atoms with Gasteiger partial charge >= 0.3 is 0 Å². The fraction of sp³-hybridized carbons (Fsp3) is 0.778. The fourth-order valence-corrected chi connectivity index (χ4v) is 2.64. The second-order valence-electron chi connectivity index (χ2n) is 7.36. The van der Waals surface area contributed by atoms with E-state index in [9.17, 15) is 24.3 Å². The smallest absolute Gasteiger partial charge is 0.245 e. The molecule has 8 N–H and O–H groups in total. The lowest BCUT2D eigenvalue weighted by Crippen LogP contribution is -2.58. The molecule has 4 amide bonds. The van der Waals surface area contributed by atoms with Crippen molar-refractivity contribution in [3.63, 3.8) is 0 Å². The van der Waals surface area contributed by atoms with Crippen molar-refractivity contribution >= 4 is 23.6 Å². The highest BCUT2D eigenvalue weighted by Crippen LogP contribution is 2.07. The molecule has 0 aromatic rings. The van der Waals surface area contributed by atoms with Gasteiger partial charge in [-0.3, -0.25) is 19.2 Å². The maximum atomic E-state index is 12.7. The van der Waals surface area contributed by atoms with Crippen LogP contribution in [0, 0.1) is 5.92 Å². The molecular weight excluding hydrogens is 366 g/mol. The second kappa shape index (κ2) is 13.1. The summed E-state index contributed by atoms with van der Waals surface area (Å²) in [5.74, 6) is -2.27. The van der Waals surface area contributed by atoms with Gasteiger partial charge in [0, 0.05) is 6.92 Å². The van der Waals surface area contributed by atoms with Crippen LogP contribution in [0.15, 0.2) is 0 Å². The van der Waals surface area contributed by atoms with Crippen LogP contribution in [-0.4, -0.2) is 59.5 Å². The Labute approximate surface area is 166 Å². The standard InChI is InChI=1S/C18H35N5O5/c1-10(2)9-14(16(20)26)23-17(27)13(7-5-6-8-19)22-18(28)15(11(3)24)21-12(4)25/h10-11,13-15,24H,5-9,19H2,1-4H3,(H2,20,26)(H,21,25)(H,22,28)(H,23,27)/t11-,13-,14+,15+/m1/s1. The number of carbonyl (C=O) groups is 4. The van der Waals surface area contributed by atoms with Gasteiger partial charge in [-0.15, -0.1) is 0 Å². The maximum Gasteiger partial charge on any atom is 0.245 e. The number of aliphatic hydroxyl groups excluding tert-OH is 1. The summed E-state index contributed by atoms with van der Waals surface area (Å²) in [4.78, 5) is 48.0. The van der Waals surface area contributed by atoms with Crippen molar-refractivity contribution in [3.05, 3.63) is 0 Å². The number of carbonyl (C=O) groups excluding carboxylic acids is 4. The maximum absolute atomic E-state index is 12.7. The summed E-state index contributed by atoms with van der Waals surface area (Å²) in [6.45, 7) is 6.79. The van der Waals surface area contributed by atoms with Gasteiger partial charge in [0.1, 0.15) is 18.1 Å². The Morgan fingerprint density at radius 1 is 0.929 bits per heavy atom. The van der Waals surface area contributed by atoms with Crippen LogP contribution in [0.2, 0.25) is 0 Å². The van der Waals surface area contributed by atoms with Crippen molar-refractivity contribution in [2.75, 3.05) is 6.54 Å². The zero-order valence-electron chi connectivity index (χ0n) is 17.2. The largest absolute Gasteiger partial charge is 0.391 e. The van der Waals surface area contributed by atoms with E-state index in [-0.39, 0.29) is 12.3 Å². The van der Waals surface area contributed by atoms with Crippen LogP contribution in [0.1, 0.15) is 53.4 Å². The molecule has 0 fully saturated rings. The molecule has 4 atom stereocenters. The highest BCUT2D eigenvalue weighted by molar-refractivity contribution is 5.94. The van der Waals surface area contributed by atoms with E-state index in [0.29, 0.717) is 25.8 Å². The van der Waals surface area contributed by atoms with Crippen LogP contribution in [0.5, 0.6) is 0 Å². The highest BCUT2D eigenvalue weighted by Gasteiger charge is 2.30. The van der Waals surface area contributed by atoms with Crippen molar-refractivity contribution < 1.29 is 24.3 Å². The SMILES string of the molecule is CC(=O)N[C@H](C(=O)N[C@H](CCCCN)C(=O)N[C@@H](CC(C)C)C(N)=O)[C@@H](C)O. The zero-order valence-corrected chi connectivity index (χ0v) is 17.2. The van der Waals surface area contributed by atoms with Gasteiger partial charge in [0.15, 0.2) is 0 Å². The number of rotatable bonds is 13. The molecule has 0 saturated heterocycles. The van der Waals surface area contributed by atoms with Gasteiger partial charge in [-0.05, 0) is 45.1 Å². The van der Waals surface area contributed by atoms with Gasteiger partial charge in [0.25, 0.3) is 0 Å². The van der Waals surface area contributed by atoms with E-state index in [1.54, 1.807) is 0 Å². The Hall–Kier alpha value is -2.20. The minimum atomic E-state index is -1.20. The molecule has 0 aromatic carbocycles. The van der Waals surface area contributed by atoms with E-state index in [2.05, 4.69) is 16.0 Å². The monoisotopic (exact) mass is 401 g/mol. The molecule has 0 radical (unpaired) electrons. The van der Waals surface area contributed by atoms with Crippen LogP contribution in [0.4, 0.5) is 0 Å². The summed E-state index contributed by atoms with van der Waals surface area (Å²) >= 11 is 0. The van der Waals surface area contributed by atoms with E-state index >= 15 is 0 Å². The van der Waals surface area contributed by atoms with Crippen LogP contribution in [-0.2, 0) is 19.2 Å². The van der Waals surface area contributed by atoms with Crippen LogP contribution in [0.25, 0.3) is 0 Å². The molecule has 0 unspecified atom stereocenters. The normalized spacial score (nSPS) is 15.2. The first-order chi connectivity index (χ1) is 13.0. The molecule has 0 rings (SSSR count). The third kappa shape index (κ3) is 10.2. The van der Waals surface area contributed by atoms with E-state index < -0.39 is 47.9 Å². The number of nitrogens with two attached hydrogens (primary N) is 2. The van der Waals surface area contributed by atoms with E-state index in [4.69, 9.17) is 11.5 Å². The highest BCUT2D eigenvalue weighted by atomic mass is 16.3. The first-order valence-corrected chi connectivity index (χ1v) is 9.54. The average molecular weight is 402 g/mol. The molecule has 28 heavy (non-hydrogen) atoms. The number of aliphatic hydroxyl groups is 1. The molecule has 162 valence electrons. The molecule has 10 heteroatoms. The van der Waals surface area contributed by atoms with Crippen LogP contribution < -0.4 is 27.4 Å². The Bertz CT molecular complexity index is 538. The molecule has 0 bridgehead atoms. The summed E-state index contributed by atoms with van der Waals surface area (Å²) in [7, 11) is 0. The van der Waals surface area contributed by atoms with Gasteiger partial charge < -0.3 is 32.5 Å². The van der Waals surface area contributed by atoms with E-state index in [0.717, 1.165) is 0 Å². The summed E-state index contributed by atoms with van der Waals surface area (Å²) in [5.41, 5.74) is 10.8. The number of hydrogen-bond donors (Lipinski definition) is 6. The van der Waals surface area contributed by atoms with Crippen molar-refractivity contribution in [1.82, 2.24) is 16.0 Å². The summed E-state index contributed by atoms with van der Waals surface area (Å²) < 4.78 is 0. The molecule has 0 aromatic heterocycles. The Morgan fingerprint density at radius 2 is 1.50 bits per heavy atom.